The molecule has 3 aromatic carbocycles. The third kappa shape index (κ3) is 8.35. The summed E-state index contributed by atoms with van der Waals surface area (Å²) in [4.78, 5) is 25.0. The van der Waals surface area contributed by atoms with Crippen LogP contribution in [0.1, 0.15) is 41.3 Å². The second kappa shape index (κ2) is 13.6. The Balaban J connectivity index is 1.49. The molecule has 2 amide bonds. The summed E-state index contributed by atoms with van der Waals surface area (Å²) in [5.74, 6) is 0.413. The number of carbonyl (C=O) groups is 2. The van der Waals surface area contributed by atoms with Crippen LogP contribution in [0.5, 0.6) is 11.5 Å². The molecule has 9 heteroatoms. The van der Waals surface area contributed by atoms with Crippen LogP contribution < -0.4 is 25.6 Å². The summed E-state index contributed by atoms with van der Waals surface area (Å²) in [6.07, 6.45) is 0.702. The van der Waals surface area contributed by atoms with Gasteiger partial charge < -0.3 is 9.47 Å². The maximum atomic E-state index is 12.8. The molecule has 0 aliphatic carbocycles. The molecule has 188 valence electrons. The molecule has 0 aliphatic heterocycles. The minimum absolute atomic E-state index is 0.0638. The lowest BCUT2D eigenvalue weighted by molar-refractivity contribution is -0.123. The number of nitrogens with one attached hydrogen (secondary N) is 3. The molecular formula is C27H28BrN3O4S. The van der Waals surface area contributed by atoms with Crippen LogP contribution >= 0.6 is 28.1 Å². The molecule has 3 N–H and O–H groups in total. The van der Waals surface area contributed by atoms with Gasteiger partial charge in [-0.1, -0.05) is 78.3 Å². The Morgan fingerprint density at radius 2 is 1.64 bits per heavy atom. The Morgan fingerprint density at radius 3 is 2.39 bits per heavy atom. The monoisotopic (exact) mass is 569 g/mol. The number of ether oxygens (including phenoxy) is 2. The van der Waals surface area contributed by atoms with Crippen LogP contribution in [-0.4, -0.2) is 30.1 Å². The number of thiocarbonyl (C=S) groups is 1. The maximum absolute atomic E-state index is 12.8. The minimum atomic E-state index is -0.472. The number of halogens is 1. The van der Waals surface area contributed by atoms with Gasteiger partial charge in [0.15, 0.2) is 11.7 Å². The van der Waals surface area contributed by atoms with Gasteiger partial charge in [-0.25, -0.2) is 0 Å². The van der Waals surface area contributed by atoms with Crippen molar-refractivity contribution in [2.45, 2.75) is 26.2 Å². The smallest absolute Gasteiger partial charge is 0.276 e. The lowest BCUT2D eigenvalue weighted by Crippen LogP contribution is -2.49. The second-order valence-corrected chi connectivity index (χ2v) is 9.49. The van der Waals surface area contributed by atoms with Gasteiger partial charge in [-0.15, -0.1) is 0 Å². The Bertz CT molecular complexity index is 1200. The Labute approximate surface area is 224 Å². The van der Waals surface area contributed by atoms with Crippen molar-refractivity contribution in [1.29, 1.82) is 0 Å². The quantitative estimate of drug-likeness (QED) is 0.251. The molecule has 0 fully saturated rings. The van der Waals surface area contributed by atoms with Crippen molar-refractivity contribution in [3.05, 3.63) is 94.0 Å². The van der Waals surface area contributed by atoms with E-state index in [0.717, 1.165) is 11.1 Å². The molecule has 7 nitrogen and oxygen atoms in total. The molecule has 0 unspecified atom stereocenters. The Morgan fingerprint density at radius 1 is 0.917 bits per heavy atom. The van der Waals surface area contributed by atoms with Crippen LogP contribution in [0.25, 0.3) is 0 Å². The normalized spacial score (nSPS) is 10.4. The summed E-state index contributed by atoms with van der Waals surface area (Å²) >= 11 is 8.54. The van der Waals surface area contributed by atoms with Gasteiger partial charge >= 0.3 is 0 Å². The first-order chi connectivity index (χ1) is 17.3. The van der Waals surface area contributed by atoms with E-state index in [0.29, 0.717) is 34.6 Å². The standard InChI is InChI=1S/C27H28BrN3O4S/c1-18(2)21-10-6-7-11-23(21)35-17-25(32)30-31-27(36)29-26(33)22-16-20(28)12-13-24(22)34-15-14-19-8-4-3-5-9-19/h3-13,16,18H,14-15,17H2,1-2H3,(H,30,32)(H2,29,31,33,36). The zero-order valence-corrected chi connectivity index (χ0v) is 22.4. The highest BCUT2D eigenvalue weighted by atomic mass is 79.9. The Kier molecular flexibility index (Phi) is 10.3. The summed E-state index contributed by atoms with van der Waals surface area (Å²) in [7, 11) is 0. The van der Waals surface area contributed by atoms with E-state index in [1.165, 1.54) is 0 Å². The lowest BCUT2D eigenvalue weighted by Gasteiger charge is -2.15. The lowest BCUT2D eigenvalue weighted by atomic mass is 10.0. The van der Waals surface area contributed by atoms with Gasteiger partial charge in [-0.3, -0.25) is 25.8 Å². The van der Waals surface area contributed by atoms with E-state index in [1.807, 2.05) is 54.6 Å². The van der Waals surface area contributed by atoms with Crippen LogP contribution in [-0.2, 0) is 11.2 Å². The van der Waals surface area contributed by atoms with E-state index in [-0.39, 0.29) is 17.6 Å². The Hall–Kier alpha value is -3.43. The summed E-state index contributed by atoms with van der Waals surface area (Å²) in [6.45, 7) is 4.30. The molecule has 0 aliphatic rings. The van der Waals surface area contributed by atoms with E-state index in [2.05, 4.69) is 45.9 Å². The summed E-state index contributed by atoms with van der Waals surface area (Å²) in [6, 6.07) is 22.6. The van der Waals surface area contributed by atoms with Crippen molar-refractivity contribution in [3.63, 3.8) is 0 Å². The van der Waals surface area contributed by atoms with Gasteiger partial charge in [0.25, 0.3) is 11.8 Å². The van der Waals surface area contributed by atoms with Crippen molar-refractivity contribution in [1.82, 2.24) is 16.2 Å². The van der Waals surface area contributed by atoms with Crippen molar-refractivity contribution in [3.8, 4) is 11.5 Å². The largest absolute Gasteiger partial charge is 0.492 e. The van der Waals surface area contributed by atoms with Crippen molar-refractivity contribution >= 4 is 45.1 Å². The molecular weight excluding hydrogens is 542 g/mol. The maximum Gasteiger partial charge on any atom is 0.276 e. The fraction of sp³-hybridized carbons (Fsp3) is 0.222. The molecule has 0 radical (unpaired) electrons. The topological polar surface area (TPSA) is 88.7 Å². The predicted molar refractivity (Wildman–Crippen MR) is 147 cm³/mol. The van der Waals surface area contributed by atoms with E-state index >= 15 is 0 Å². The number of amides is 2. The number of carbonyl (C=O) groups excluding carboxylic acids is 2. The molecule has 0 saturated carbocycles. The first kappa shape index (κ1) is 27.2. The number of hydrogen-bond donors (Lipinski definition) is 3. The molecule has 0 saturated heterocycles. The van der Waals surface area contributed by atoms with Gasteiger partial charge in [0, 0.05) is 10.9 Å². The van der Waals surface area contributed by atoms with Crippen LogP contribution in [0.15, 0.2) is 77.3 Å². The minimum Gasteiger partial charge on any atom is -0.492 e. The molecule has 0 spiro atoms. The first-order valence-corrected chi connectivity index (χ1v) is 12.6. The van der Waals surface area contributed by atoms with Crippen LogP contribution in [0, 0.1) is 0 Å². The highest BCUT2D eigenvalue weighted by molar-refractivity contribution is 9.10. The van der Waals surface area contributed by atoms with E-state index in [4.69, 9.17) is 21.7 Å². The number of para-hydroxylation sites is 1. The molecule has 3 aromatic rings. The van der Waals surface area contributed by atoms with E-state index < -0.39 is 11.8 Å². The van der Waals surface area contributed by atoms with Gasteiger partial charge in [0.05, 0.1) is 12.2 Å². The number of benzene rings is 3. The fourth-order valence-corrected chi connectivity index (χ4v) is 3.83. The van der Waals surface area contributed by atoms with Crippen molar-refractivity contribution in [2.75, 3.05) is 13.2 Å². The molecule has 0 atom stereocenters. The molecule has 0 heterocycles. The zero-order chi connectivity index (χ0) is 25.9. The summed E-state index contributed by atoms with van der Waals surface area (Å²) in [5.41, 5.74) is 7.40. The van der Waals surface area contributed by atoms with Gasteiger partial charge in [-0.05, 0) is 53.5 Å². The van der Waals surface area contributed by atoms with Crippen molar-refractivity contribution in [2.24, 2.45) is 0 Å². The molecule has 0 aromatic heterocycles. The summed E-state index contributed by atoms with van der Waals surface area (Å²) < 4.78 is 12.2. The third-order valence-corrected chi connectivity index (χ3v) is 5.82. The second-order valence-electron chi connectivity index (χ2n) is 8.16. The number of hydrazine groups is 1. The van der Waals surface area contributed by atoms with E-state index in [9.17, 15) is 9.59 Å². The highest BCUT2D eigenvalue weighted by Gasteiger charge is 2.16. The zero-order valence-electron chi connectivity index (χ0n) is 20.0. The first-order valence-electron chi connectivity index (χ1n) is 11.4. The van der Waals surface area contributed by atoms with Gasteiger partial charge in [-0.2, -0.15) is 0 Å². The van der Waals surface area contributed by atoms with Crippen LogP contribution in [0.3, 0.4) is 0 Å². The van der Waals surface area contributed by atoms with Gasteiger partial charge in [0.2, 0.25) is 0 Å². The average Bonchev–Trinajstić information content (AvgIpc) is 2.87. The molecule has 3 rings (SSSR count). The van der Waals surface area contributed by atoms with Crippen molar-refractivity contribution < 1.29 is 19.1 Å². The predicted octanol–water partition coefficient (Wildman–Crippen LogP) is 4.91. The SMILES string of the molecule is CC(C)c1ccccc1OCC(=O)NNC(=S)NC(=O)c1cc(Br)ccc1OCCc1ccccc1. The molecule has 36 heavy (non-hydrogen) atoms. The number of hydrogen-bond acceptors (Lipinski definition) is 5. The summed E-state index contributed by atoms with van der Waals surface area (Å²) in [5, 5.41) is 2.49. The van der Waals surface area contributed by atoms with Crippen LogP contribution in [0.2, 0.25) is 0 Å². The van der Waals surface area contributed by atoms with E-state index in [1.54, 1.807) is 18.2 Å². The fourth-order valence-electron chi connectivity index (χ4n) is 3.33. The third-order valence-electron chi connectivity index (χ3n) is 5.12. The highest BCUT2D eigenvalue weighted by Crippen LogP contribution is 2.26. The van der Waals surface area contributed by atoms with Gasteiger partial charge in [0.1, 0.15) is 11.5 Å². The molecule has 0 bridgehead atoms. The average molecular weight is 571 g/mol. The van der Waals surface area contributed by atoms with Crippen LogP contribution in [0.4, 0.5) is 0 Å². The number of rotatable bonds is 9.